The zero-order valence-corrected chi connectivity index (χ0v) is 16.1. The van der Waals surface area contributed by atoms with Crippen LogP contribution in [0, 0.1) is 0 Å². The molecule has 2 aromatic carbocycles. The molecule has 0 saturated heterocycles. The van der Waals surface area contributed by atoms with Gasteiger partial charge in [-0.2, -0.15) is 0 Å². The molecule has 0 unspecified atom stereocenters. The van der Waals surface area contributed by atoms with Crippen molar-refractivity contribution in [1.82, 2.24) is 9.55 Å². The summed E-state index contributed by atoms with van der Waals surface area (Å²) in [5.41, 5.74) is 6.40. The van der Waals surface area contributed by atoms with Crippen molar-refractivity contribution in [3.8, 4) is 0 Å². The van der Waals surface area contributed by atoms with E-state index in [1.165, 1.54) is 4.57 Å². The van der Waals surface area contributed by atoms with Crippen LogP contribution < -0.4 is 11.3 Å². The third kappa shape index (κ3) is 4.05. The van der Waals surface area contributed by atoms with Gasteiger partial charge in [0.1, 0.15) is 0 Å². The predicted octanol–water partition coefficient (Wildman–Crippen LogP) is 3.44. The number of halogens is 2. The molecule has 0 spiro atoms. The molecule has 0 aliphatic carbocycles. The van der Waals surface area contributed by atoms with Crippen LogP contribution in [0.3, 0.4) is 0 Å². The van der Waals surface area contributed by atoms with E-state index < -0.39 is 5.91 Å². The summed E-state index contributed by atoms with van der Waals surface area (Å²) in [5, 5.41) is 1.48. The maximum absolute atomic E-state index is 13.0. The molecule has 0 saturated carbocycles. The molecule has 0 atom stereocenters. The van der Waals surface area contributed by atoms with Gasteiger partial charge in [0, 0.05) is 9.50 Å². The SMILES string of the molecule is NC(=O)CSc1nc2ccc(Br)cc2c(=O)n1Cc1ccccc1Cl. The highest BCUT2D eigenvalue weighted by Gasteiger charge is 2.14. The first kappa shape index (κ1) is 18.0. The Morgan fingerprint density at radius 2 is 2.04 bits per heavy atom. The summed E-state index contributed by atoms with van der Waals surface area (Å²) < 4.78 is 2.31. The van der Waals surface area contributed by atoms with E-state index in [2.05, 4.69) is 20.9 Å². The third-order valence-electron chi connectivity index (χ3n) is 3.51. The Morgan fingerprint density at radius 3 is 2.76 bits per heavy atom. The molecule has 0 bridgehead atoms. The Morgan fingerprint density at radius 1 is 1.28 bits per heavy atom. The van der Waals surface area contributed by atoms with Gasteiger partial charge in [0.15, 0.2) is 5.16 Å². The zero-order valence-electron chi connectivity index (χ0n) is 12.9. The highest BCUT2D eigenvalue weighted by atomic mass is 79.9. The fourth-order valence-corrected chi connectivity index (χ4v) is 3.65. The number of hydrogen-bond acceptors (Lipinski definition) is 4. The second-order valence-electron chi connectivity index (χ2n) is 5.29. The average Bonchev–Trinajstić information content (AvgIpc) is 2.58. The number of aromatic nitrogens is 2. The number of nitrogens with two attached hydrogens (primary N) is 1. The lowest BCUT2D eigenvalue weighted by Gasteiger charge is -2.13. The molecule has 128 valence electrons. The zero-order chi connectivity index (χ0) is 18.0. The van der Waals surface area contributed by atoms with Crippen LogP contribution in [-0.4, -0.2) is 21.2 Å². The largest absolute Gasteiger partial charge is 0.369 e. The van der Waals surface area contributed by atoms with Gasteiger partial charge in [-0.1, -0.05) is 57.5 Å². The standard InChI is InChI=1S/C17H13BrClN3O2S/c18-11-5-6-14-12(7-11)16(24)22(17(21-14)25-9-15(20)23)8-10-3-1-2-4-13(10)19/h1-7H,8-9H2,(H2,20,23). The number of carbonyl (C=O) groups is 1. The van der Waals surface area contributed by atoms with Crippen molar-refractivity contribution in [2.45, 2.75) is 11.7 Å². The summed E-state index contributed by atoms with van der Waals surface area (Å²) in [6, 6.07) is 12.6. The number of thioether (sulfide) groups is 1. The summed E-state index contributed by atoms with van der Waals surface area (Å²) in [5.74, 6) is -0.434. The minimum absolute atomic E-state index is 0.0387. The molecule has 0 aliphatic rings. The lowest BCUT2D eigenvalue weighted by Crippen LogP contribution is -2.25. The summed E-state index contributed by atoms with van der Waals surface area (Å²) in [6.45, 7) is 0.259. The van der Waals surface area contributed by atoms with E-state index in [4.69, 9.17) is 17.3 Å². The molecular formula is C17H13BrClN3O2S. The van der Waals surface area contributed by atoms with Crippen molar-refractivity contribution in [2.75, 3.05) is 5.75 Å². The molecule has 8 heteroatoms. The van der Waals surface area contributed by atoms with Gasteiger partial charge in [-0.05, 0) is 29.8 Å². The van der Waals surface area contributed by atoms with Gasteiger partial charge in [0.2, 0.25) is 5.91 Å². The van der Waals surface area contributed by atoms with Crippen LogP contribution in [0.2, 0.25) is 5.02 Å². The molecule has 0 aliphatic heterocycles. The first-order valence-electron chi connectivity index (χ1n) is 7.30. The Kier molecular flexibility index (Phi) is 5.46. The number of rotatable bonds is 5. The first-order chi connectivity index (χ1) is 12.0. The van der Waals surface area contributed by atoms with E-state index in [0.29, 0.717) is 21.1 Å². The first-order valence-corrected chi connectivity index (χ1v) is 9.46. The fraction of sp³-hybridized carbons (Fsp3) is 0.118. The van der Waals surface area contributed by atoms with Crippen molar-refractivity contribution in [2.24, 2.45) is 5.73 Å². The lowest BCUT2D eigenvalue weighted by molar-refractivity contribution is -0.115. The van der Waals surface area contributed by atoms with Gasteiger partial charge in [-0.25, -0.2) is 4.98 Å². The van der Waals surface area contributed by atoms with Gasteiger partial charge >= 0.3 is 0 Å². The smallest absolute Gasteiger partial charge is 0.262 e. The highest BCUT2D eigenvalue weighted by Crippen LogP contribution is 2.23. The monoisotopic (exact) mass is 437 g/mol. The second kappa shape index (κ2) is 7.59. The van der Waals surface area contributed by atoms with E-state index in [-0.39, 0.29) is 17.9 Å². The summed E-state index contributed by atoms with van der Waals surface area (Å²) in [6.07, 6.45) is 0. The van der Waals surface area contributed by atoms with Crippen LogP contribution in [0.15, 0.2) is 56.9 Å². The topological polar surface area (TPSA) is 78.0 Å². The van der Waals surface area contributed by atoms with E-state index in [1.807, 2.05) is 24.3 Å². The quantitative estimate of drug-likeness (QED) is 0.489. The summed E-state index contributed by atoms with van der Waals surface area (Å²) in [4.78, 5) is 28.7. The molecule has 3 aromatic rings. The van der Waals surface area contributed by atoms with Crippen LogP contribution in [-0.2, 0) is 11.3 Å². The number of fused-ring (bicyclic) bond motifs is 1. The van der Waals surface area contributed by atoms with Crippen LogP contribution in [0.1, 0.15) is 5.56 Å². The van der Waals surface area contributed by atoms with Crippen molar-refractivity contribution in [3.05, 3.63) is 67.9 Å². The van der Waals surface area contributed by atoms with E-state index >= 15 is 0 Å². The number of primary amides is 1. The summed E-state index contributed by atoms with van der Waals surface area (Å²) in [7, 11) is 0. The molecule has 1 amide bonds. The van der Waals surface area contributed by atoms with Crippen LogP contribution in [0.25, 0.3) is 10.9 Å². The van der Waals surface area contributed by atoms with E-state index in [9.17, 15) is 9.59 Å². The van der Waals surface area contributed by atoms with E-state index in [1.54, 1.807) is 18.2 Å². The van der Waals surface area contributed by atoms with Crippen molar-refractivity contribution < 1.29 is 4.79 Å². The van der Waals surface area contributed by atoms with Gasteiger partial charge in [-0.15, -0.1) is 0 Å². The minimum Gasteiger partial charge on any atom is -0.369 e. The highest BCUT2D eigenvalue weighted by molar-refractivity contribution is 9.10. The Bertz CT molecular complexity index is 1020. The molecule has 3 rings (SSSR count). The fourth-order valence-electron chi connectivity index (χ4n) is 2.35. The number of benzene rings is 2. The number of amides is 1. The lowest BCUT2D eigenvalue weighted by atomic mass is 10.2. The minimum atomic E-state index is -0.473. The predicted molar refractivity (Wildman–Crippen MR) is 104 cm³/mol. The molecule has 0 radical (unpaired) electrons. The van der Waals surface area contributed by atoms with Gasteiger partial charge in [0.05, 0.1) is 23.2 Å². The maximum atomic E-state index is 13.0. The Balaban J connectivity index is 2.16. The molecule has 1 aromatic heterocycles. The molecule has 5 nitrogen and oxygen atoms in total. The van der Waals surface area contributed by atoms with Crippen LogP contribution in [0.5, 0.6) is 0 Å². The van der Waals surface area contributed by atoms with Crippen LogP contribution >= 0.6 is 39.3 Å². The molecule has 2 N–H and O–H groups in total. The van der Waals surface area contributed by atoms with Crippen molar-refractivity contribution >= 4 is 56.1 Å². The van der Waals surface area contributed by atoms with Crippen molar-refractivity contribution in [1.29, 1.82) is 0 Å². The Labute approximate surface area is 161 Å². The van der Waals surface area contributed by atoms with Crippen LogP contribution in [0.4, 0.5) is 0 Å². The number of nitrogens with zero attached hydrogens (tertiary/aromatic N) is 2. The normalized spacial score (nSPS) is 11.0. The average molecular weight is 439 g/mol. The van der Waals surface area contributed by atoms with Gasteiger partial charge in [0.25, 0.3) is 5.56 Å². The van der Waals surface area contributed by atoms with E-state index in [0.717, 1.165) is 21.8 Å². The third-order valence-corrected chi connectivity index (χ3v) is 5.37. The van der Waals surface area contributed by atoms with Gasteiger partial charge < -0.3 is 5.73 Å². The maximum Gasteiger partial charge on any atom is 0.262 e. The van der Waals surface area contributed by atoms with Crippen molar-refractivity contribution in [3.63, 3.8) is 0 Å². The Hall–Kier alpha value is -1.83. The summed E-state index contributed by atoms with van der Waals surface area (Å²) >= 11 is 10.7. The second-order valence-corrected chi connectivity index (χ2v) is 7.56. The van der Waals surface area contributed by atoms with Gasteiger partial charge in [-0.3, -0.25) is 14.2 Å². The molecule has 1 heterocycles. The number of carbonyl (C=O) groups excluding carboxylic acids is 1. The molecule has 0 fully saturated rings. The molecular weight excluding hydrogens is 426 g/mol. The number of hydrogen-bond donors (Lipinski definition) is 1. The molecule has 25 heavy (non-hydrogen) atoms.